The first-order valence-electron chi connectivity index (χ1n) is 7.35. The van der Waals surface area contributed by atoms with Gasteiger partial charge in [0.05, 0.1) is 16.1 Å². The van der Waals surface area contributed by atoms with Gasteiger partial charge >= 0.3 is 0 Å². The molecule has 7 heteroatoms. The number of ether oxygens (including phenoxy) is 1. The van der Waals surface area contributed by atoms with Crippen molar-refractivity contribution in [2.45, 2.75) is 25.9 Å². The molecule has 2 rings (SSSR count). The van der Waals surface area contributed by atoms with E-state index in [0.717, 1.165) is 17.8 Å². The molecular formula is C16H20Cl2N4O. The van der Waals surface area contributed by atoms with E-state index in [1.807, 2.05) is 19.2 Å². The highest BCUT2D eigenvalue weighted by Crippen LogP contribution is 2.34. The number of halogens is 2. The number of benzene rings is 1. The molecule has 1 atom stereocenters. The number of nitrogens with zero attached hydrogens (tertiary/aromatic N) is 3. The zero-order chi connectivity index (χ0) is 16.8. The van der Waals surface area contributed by atoms with Gasteiger partial charge in [0, 0.05) is 13.6 Å². The van der Waals surface area contributed by atoms with E-state index < -0.39 is 0 Å². The lowest BCUT2D eigenvalue weighted by atomic mass is 10.1. The molecule has 0 fully saturated rings. The Bertz CT molecular complexity index is 649. The van der Waals surface area contributed by atoms with Crippen LogP contribution in [0.15, 0.2) is 31.1 Å². The van der Waals surface area contributed by atoms with Crippen molar-refractivity contribution in [1.82, 2.24) is 20.1 Å². The van der Waals surface area contributed by atoms with Crippen LogP contribution in [0.5, 0.6) is 5.75 Å². The highest BCUT2D eigenvalue weighted by Gasteiger charge is 2.15. The lowest BCUT2D eigenvalue weighted by Gasteiger charge is -2.17. The molecule has 2 aromatic rings. The molecule has 0 aliphatic carbocycles. The molecular weight excluding hydrogens is 335 g/mol. The number of hydrogen-bond donors (Lipinski definition) is 1. The minimum atomic E-state index is 0.108. The van der Waals surface area contributed by atoms with E-state index in [-0.39, 0.29) is 6.04 Å². The van der Waals surface area contributed by atoms with E-state index in [1.165, 1.54) is 0 Å². The fraction of sp³-hybridized carbons (Fsp3) is 0.375. The molecule has 0 amide bonds. The Hall–Kier alpha value is -1.56. The summed E-state index contributed by atoms with van der Waals surface area (Å²) in [4.78, 5) is 4.29. The normalized spacial score (nSPS) is 12.2. The third kappa shape index (κ3) is 4.47. The van der Waals surface area contributed by atoms with Gasteiger partial charge in [-0.3, -0.25) is 4.68 Å². The van der Waals surface area contributed by atoms with Crippen LogP contribution in [0.25, 0.3) is 0 Å². The molecule has 124 valence electrons. The van der Waals surface area contributed by atoms with Crippen LogP contribution in [0, 0.1) is 0 Å². The molecule has 1 aromatic carbocycles. The van der Waals surface area contributed by atoms with Gasteiger partial charge in [0.2, 0.25) is 0 Å². The summed E-state index contributed by atoms with van der Waals surface area (Å²) in [5.41, 5.74) is 0.978. The summed E-state index contributed by atoms with van der Waals surface area (Å²) in [5, 5.41) is 8.53. The molecule has 0 unspecified atom stereocenters. The second kappa shape index (κ2) is 8.34. The fourth-order valence-corrected chi connectivity index (χ4v) is 2.92. The van der Waals surface area contributed by atoms with E-state index in [4.69, 9.17) is 27.9 Å². The van der Waals surface area contributed by atoms with Crippen LogP contribution >= 0.6 is 23.2 Å². The Balaban J connectivity index is 2.08. The maximum absolute atomic E-state index is 6.25. The first kappa shape index (κ1) is 17.8. The van der Waals surface area contributed by atoms with Gasteiger partial charge in [-0.25, -0.2) is 4.98 Å². The summed E-state index contributed by atoms with van der Waals surface area (Å²) in [6.45, 7) is 6.68. The summed E-state index contributed by atoms with van der Waals surface area (Å²) in [7, 11) is 1.88. The molecule has 1 aromatic heterocycles. The molecule has 0 saturated carbocycles. The van der Waals surface area contributed by atoms with Crippen LogP contribution in [0.2, 0.25) is 10.0 Å². The van der Waals surface area contributed by atoms with E-state index in [9.17, 15) is 0 Å². The molecule has 23 heavy (non-hydrogen) atoms. The predicted octanol–water partition coefficient (Wildman–Crippen LogP) is 3.93. The first-order valence-corrected chi connectivity index (χ1v) is 8.11. The Morgan fingerprint density at radius 3 is 2.61 bits per heavy atom. The molecule has 0 radical (unpaired) electrons. The summed E-state index contributed by atoms with van der Waals surface area (Å²) in [5.74, 6) is 1.38. The lowest BCUT2D eigenvalue weighted by Crippen LogP contribution is -2.23. The Labute approximate surface area is 146 Å². The Morgan fingerprint density at radius 2 is 2.09 bits per heavy atom. The zero-order valence-electron chi connectivity index (χ0n) is 13.2. The average Bonchev–Trinajstić information content (AvgIpc) is 2.93. The number of aromatic nitrogens is 3. The van der Waals surface area contributed by atoms with Gasteiger partial charge in [0.15, 0.2) is 5.75 Å². The molecule has 0 aliphatic rings. The Morgan fingerprint density at radius 1 is 1.39 bits per heavy atom. The number of rotatable bonds is 8. The lowest BCUT2D eigenvalue weighted by molar-refractivity contribution is 0.363. The smallest absolute Gasteiger partial charge is 0.156 e. The van der Waals surface area contributed by atoms with Crippen LogP contribution in [-0.4, -0.2) is 21.4 Å². The second-order valence-electron chi connectivity index (χ2n) is 5.07. The third-order valence-electron chi connectivity index (χ3n) is 3.42. The average molecular weight is 355 g/mol. The summed E-state index contributed by atoms with van der Waals surface area (Å²) >= 11 is 12.5. The molecule has 0 saturated heterocycles. The highest BCUT2D eigenvalue weighted by atomic mass is 35.5. The van der Waals surface area contributed by atoms with Crippen molar-refractivity contribution < 1.29 is 4.74 Å². The van der Waals surface area contributed by atoms with Gasteiger partial charge in [0.25, 0.3) is 0 Å². The van der Waals surface area contributed by atoms with Crippen LogP contribution in [0.4, 0.5) is 0 Å². The van der Waals surface area contributed by atoms with Gasteiger partial charge < -0.3 is 10.1 Å². The van der Waals surface area contributed by atoms with Crippen molar-refractivity contribution in [3.63, 3.8) is 0 Å². The zero-order valence-corrected chi connectivity index (χ0v) is 14.7. The van der Waals surface area contributed by atoms with Crippen molar-refractivity contribution in [3.8, 4) is 5.75 Å². The quantitative estimate of drug-likeness (QED) is 0.729. The van der Waals surface area contributed by atoms with E-state index in [0.29, 0.717) is 28.9 Å². The maximum Gasteiger partial charge on any atom is 0.156 e. The second-order valence-corrected chi connectivity index (χ2v) is 5.89. The van der Waals surface area contributed by atoms with E-state index in [2.05, 4.69) is 28.9 Å². The van der Waals surface area contributed by atoms with Gasteiger partial charge in [-0.05, 0) is 24.1 Å². The van der Waals surface area contributed by atoms with Crippen LogP contribution in [-0.2, 0) is 13.6 Å². The molecule has 0 spiro atoms. The van der Waals surface area contributed by atoms with Crippen molar-refractivity contribution in [1.29, 1.82) is 0 Å². The van der Waals surface area contributed by atoms with E-state index in [1.54, 1.807) is 17.1 Å². The minimum Gasteiger partial charge on any atom is -0.486 e. The molecule has 1 heterocycles. The van der Waals surface area contributed by atoms with Crippen molar-refractivity contribution >= 4 is 23.2 Å². The van der Waals surface area contributed by atoms with Gasteiger partial charge in [-0.1, -0.05) is 42.8 Å². The topological polar surface area (TPSA) is 52.0 Å². The standard InChI is InChI=1S/C16H20Cl2N4O/c1-4-6-23-15-12(17)7-11(8-13(15)18)9-19-14(5-2)16-20-10-21-22(16)3/h4,7-8,10,14,19H,1,5-6,9H2,2-3H3/t14-/m0/s1. The number of nitrogens with one attached hydrogen (secondary N) is 1. The summed E-state index contributed by atoms with van der Waals surface area (Å²) in [6.07, 6.45) is 4.10. The molecule has 0 aliphatic heterocycles. The maximum atomic E-state index is 6.25. The van der Waals surface area contributed by atoms with Crippen molar-refractivity contribution in [2.24, 2.45) is 7.05 Å². The van der Waals surface area contributed by atoms with Gasteiger partial charge in [-0.2, -0.15) is 5.10 Å². The van der Waals surface area contributed by atoms with Crippen molar-refractivity contribution in [3.05, 3.63) is 52.5 Å². The van der Waals surface area contributed by atoms with Gasteiger partial charge in [0.1, 0.15) is 18.8 Å². The summed E-state index contributed by atoms with van der Waals surface area (Å²) < 4.78 is 7.24. The molecule has 5 nitrogen and oxygen atoms in total. The van der Waals surface area contributed by atoms with Crippen LogP contribution < -0.4 is 10.1 Å². The predicted molar refractivity (Wildman–Crippen MR) is 93.0 cm³/mol. The monoisotopic (exact) mass is 354 g/mol. The van der Waals surface area contributed by atoms with Crippen LogP contribution in [0.3, 0.4) is 0 Å². The van der Waals surface area contributed by atoms with Crippen molar-refractivity contribution in [2.75, 3.05) is 6.61 Å². The van der Waals surface area contributed by atoms with E-state index >= 15 is 0 Å². The number of hydrogen-bond acceptors (Lipinski definition) is 4. The molecule has 1 N–H and O–H groups in total. The number of aryl methyl sites for hydroxylation is 1. The fourth-order valence-electron chi connectivity index (χ4n) is 2.27. The van der Waals surface area contributed by atoms with Gasteiger partial charge in [-0.15, -0.1) is 0 Å². The largest absolute Gasteiger partial charge is 0.486 e. The summed E-state index contributed by atoms with van der Waals surface area (Å²) in [6, 6.07) is 3.81. The Kier molecular flexibility index (Phi) is 6.45. The first-order chi connectivity index (χ1) is 11.1. The minimum absolute atomic E-state index is 0.108. The SMILES string of the molecule is C=CCOc1c(Cl)cc(CN[C@@H](CC)c2ncnn2C)cc1Cl. The molecule has 0 bridgehead atoms. The highest BCUT2D eigenvalue weighted by molar-refractivity contribution is 6.37. The van der Waals surface area contributed by atoms with Crippen LogP contribution in [0.1, 0.15) is 30.8 Å². The third-order valence-corrected chi connectivity index (χ3v) is 3.98.